The monoisotopic (exact) mass is 262 g/mol. The first-order chi connectivity index (χ1) is 9.92. The second kappa shape index (κ2) is 6.56. The highest BCUT2D eigenvalue weighted by atomic mass is 14.1. The van der Waals surface area contributed by atoms with Gasteiger partial charge in [0.25, 0.3) is 0 Å². The summed E-state index contributed by atoms with van der Waals surface area (Å²) in [6.07, 6.45) is 11.7. The Balaban J connectivity index is 1.68. The van der Waals surface area contributed by atoms with E-state index in [1.165, 1.54) is 48.8 Å². The van der Waals surface area contributed by atoms with Gasteiger partial charge in [-0.25, -0.2) is 0 Å². The van der Waals surface area contributed by atoms with Crippen LogP contribution in [0.5, 0.6) is 0 Å². The molecule has 1 fully saturated rings. The molecule has 2 aromatic rings. The molecule has 0 aromatic heterocycles. The van der Waals surface area contributed by atoms with Crippen molar-refractivity contribution < 1.29 is 0 Å². The van der Waals surface area contributed by atoms with Crippen LogP contribution < -0.4 is 0 Å². The Hall–Kier alpha value is -1.82. The lowest BCUT2D eigenvalue weighted by atomic mass is 9.89. The van der Waals surface area contributed by atoms with Crippen molar-refractivity contribution in [2.45, 2.75) is 32.1 Å². The van der Waals surface area contributed by atoms with Crippen LogP contribution in [0.4, 0.5) is 0 Å². The van der Waals surface area contributed by atoms with E-state index in [2.05, 4.69) is 66.7 Å². The highest BCUT2D eigenvalue weighted by molar-refractivity contribution is 5.65. The zero-order valence-electron chi connectivity index (χ0n) is 12.0. The van der Waals surface area contributed by atoms with Crippen molar-refractivity contribution in [2.75, 3.05) is 0 Å². The minimum atomic E-state index is 0.803. The van der Waals surface area contributed by atoms with Crippen molar-refractivity contribution in [2.24, 2.45) is 5.92 Å². The van der Waals surface area contributed by atoms with Crippen molar-refractivity contribution in [1.82, 2.24) is 0 Å². The Morgan fingerprint density at radius 2 is 1.35 bits per heavy atom. The van der Waals surface area contributed by atoms with Crippen LogP contribution in [-0.4, -0.2) is 0 Å². The number of hydrogen-bond donors (Lipinski definition) is 0. The molecule has 0 radical (unpaired) electrons. The van der Waals surface area contributed by atoms with Crippen molar-refractivity contribution in [3.8, 4) is 11.1 Å². The predicted octanol–water partition coefficient (Wildman–Crippen LogP) is 5.95. The Morgan fingerprint density at radius 3 is 2.05 bits per heavy atom. The molecule has 1 aliphatic carbocycles. The molecule has 0 bridgehead atoms. The summed E-state index contributed by atoms with van der Waals surface area (Å²) in [5, 5.41) is 0. The zero-order valence-corrected chi connectivity index (χ0v) is 12.0. The first-order valence-electron chi connectivity index (χ1n) is 7.75. The normalized spacial score (nSPS) is 16.6. The molecule has 102 valence electrons. The van der Waals surface area contributed by atoms with Crippen molar-refractivity contribution >= 4 is 6.08 Å². The highest BCUT2D eigenvalue weighted by Crippen LogP contribution is 2.25. The van der Waals surface area contributed by atoms with Gasteiger partial charge in [0.1, 0.15) is 0 Å². The Kier molecular flexibility index (Phi) is 4.32. The van der Waals surface area contributed by atoms with E-state index in [4.69, 9.17) is 0 Å². The van der Waals surface area contributed by atoms with Crippen LogP contribution >= 0.6 is 0 Å². The van der Waals surface area contributed by atoms with Crippen LogP contribution in [0.15, 0.2) is 60.7 Å². The van der Waals surface area contributed by atoms with Crippen molar-refractivity contribution in [1.29, 1.82) is 0 Å². The summed E-state index contributed by atoms with van der Waals surface area (Å²) in [6.45, 7) is 0. The van der Waals surface area contributed by atoms with Gasteiger partial charge in [-0.15, -0.1) is 0 Å². The fraction of sp³-hybridized carbons (Fsp3) is 0.300. The molecule has 0 unspecified atom stereocenters. The van der Waals surface area contributed by atoms with E-state index >= 15 is 0 Å². The zero-order chi connectivity index (χ0) is 13.6. The van der Waals surface area contributed by atoms with Crippen LogP contribution in [0.25, 0.3) is 17.2 Å². The number of rotatable bonds is 3. The van der Waals surface area contributed by atoms with Gasteiger partial charge in [0, 0.05) is 0 Å². The fourth-order valence-corrected chi connectivity index (χ4v) is 2.99. The van der Waals surface area contributed by atoms with Crippen molar-refractivity contribution in [3.05, 3.63) is 66.2 Å². The third kappa shape index (κ3) is 3.39. The molecule has 2 aromatic carbocycles. The van der Waals surface area contributed by atoms with E-state index in [-0.39, 0.29) is 0 Å². The van der Waals surface area contributed by atoms with Gasteiger partial charge >= 0.3 is 0 Å². The van der Waals surface area contributed by atoms with Gasteiger partial charge in [-0.3, -0.25) is 0 Å². The number of benzene rings is 2. The second-order valence-electron chi connectivity index (χ2n) is 5.75. The second-order valence-corrected chi connectivity index (χ2v) is 5.75. The quantitative estimate of drug-likeness (QED) is 0.641. The van der Waals surface area contributed by atoms with Crippen LogP contribution in [0.1, 0.15) is 37.7 Å². The Bertz CT molecular complexity index is 542. The number of hydrogen-bond acceptors (Lipinski definition) is 0. The molecule has 0 heteroatoms. The van der Waals surface area contributed by atoms with E-state index in [0.717, 1.165) is 5.92 Å². The van der Waals surface area contributed by atoms with Crippen LogP contribution in [-0.2, 0) is 0 Å². The molecule has 0 saturated heterocycles. The summed E-state index contributed by atoms with van der Waals surface area (Å²) >= 11 is 0. The molecule has 0 spiro atoms. The van der Waals surface area contributed by atoms with Gasteiger partial charge in [0.05, 0.1) is 0 Å². The summed E-state index contributed by atoms with van der Waals surface area (Å²) in [4.78, 5) is 0. The topological polar surface area (TPSA) is 0 Å². The Morgan fingerprint density at radius 1 is 0.700 bits per heavy atom. The number of allylic oxidation sites excluding steroid dienone is 1. The molecule has 0 amide bonds. The summed E-state index contributed by atoms with van der Waals surface area (Å²) in [7, 11) is 0. The van der Waals surface area contributed by atoms with Gasteiger partial charge in [-0.05, 0) is 35.4 Å². The predicted molar refractivity (Wildman–Crippen MR) is 87.5 cm³/mol. The average Bonchev–Trinajstić information content (AvgIpc) is 2.55. The van der Waals surface area contributed by atoms with Crippen LogP contribution in [0, 0.1) is 5.92 Å². The van der Waals surface area contributed by atoms with E-state index < -0.39 is 0 Å². The molecule has 0 atom stereocenters. The Labute approximate surface area is 122 Å². The molecule has 3 rings (SSSR count). The minimum absolute atomic E-state index is 0.803. The van der Waals surface area contributed by atoms with Gasteiger partial charge < -0.3 is 0 Å². The maximum absolute atomic E-state index is 2.41. The molecule has 20 heavy (non-hydrogen) atoms. The minimum Gasteiger partial charge on any atom is -0.0808 e. The summed E-state index contributed by atoms with van der Waals surface area (Å²) in [5.74, 6) is 0.803. The van der Waals surface area contributed by atoms with Crippen LogP contribution in [0.2, 0.25) is 0 Å². The molecule has 1 saturated carbocycles. The maximum atomic E-state index is 2.41. The summed E-state index contributed by atoms with van der Waals surface area (Å²) in [6, 6.07) is 19.4. The third-order valence-corrected chi connectivity index (χ3v) is 4.23. The molecule has 0 N–H and O–H groups in total. The lowest BCUT2D eigenvalue weighted by Crippen LogP contribution is -2.02. The molecule has 0 aliphatic heterocycles. The van der Waals surface area contributed by atoms with Gasteiger partial charge in [-0.1, -0.05) is 86.0 Å². The lowest BCUT2D eigenvalue weighted by molar-refractivity contribution is 0.420. The molecule has 0 nitrogen and oxygen atoms in total. The SMILES string of the molecule is C(=CC1CCCCC1)c1ccc(-c2ccccc2)cc1. The third-order valence-electron chi connectivity index (χ3n) is 4.23. The van der Waals surface area contributed by atoms with E-state index in [0.29, 0.717) is 0 Å². The summed E-state index contributed by atoms with van der Waals surface area (Å²) < 4.78 is 0. The van der Waals surface area contributed by atoms with E-state index in [9.17, 15) is 0 Å². The maximum Gasteiger partial charge on any atom is -0.0184 e. The van der Waals surface area contributed by atoms with Gasteiger partial charge in [0.2, 0.25) is 0 Å². The molecule has 0 heterocycles. The van der Waals surface area contributed by atoms with E-state index in [1.807, 2.05) is 0 Å². The molecular formula is C20H22. The molecular weight excluding hydrogens is 240 g/mol. The van der Waals surface area contributed by atoms with Gasteiger partial charge in [0.15, 0.2) is 0 Å². The first kappa shape index (κ1) is 13.2. The largest absolute Gasteiger partial charge is 0.0808 e. The van der Waals surface area contributed by atoms with Crippen molar-refractivity contribution in [3.63, 3.8) is 0 Å². The average molecular weight is 262 g/mol. The lowest BCUT2D eigenvalue weighted by Gasteiger charge is -2.17. The standard InChI is InChI=1S/C20H22/c1-3-7-17(8-4-1)11-12-18-13-15-20(16-14-18)19-9-5-2-6-10-19/h2,5-6,9-17H,1,3-4,7-8H2. The molecule has 1 aliphatic rings. The first-order valence-corrected chi connectivity index (χ1v) is 7.75. The van der Waals surface area contributed by atoms with Crippen LogP contribution in [0.3, 0.4) is 0 Å². The smallest absolute Gasteiger partial charge is 0.0184 e. The fourth-order valence-electron chi connectivity index (χ4n) is 2.99. The van der Waals surface area contributed by atoms with E-state index in [1.54, 1.807) is 0 Å². The highest BCUT2D eigenvalue weighted by Gasteiger charge is 2.09. The summed E-state index contributed by atoms with van der Waals surface area (Å²) in [5.41, 5.74) is 3.89. The van der Waals surface area contributed by atoms with Gasteiger partial charge in [-0.2, -0.15) is 0 Å².